The molecule has 32 heavy (non-hydrogen) atoms. The van der Waals surface area contributed by atoms with E-state index in [9.17, 15) is 15.3 Å². The molecule has 2 saturated heterocycles. The Morgan fingerprint density at radius 2 is 1.69 bits per heavy atom. The van der Waals surface area contributed by atoms with Gasteiger partial charge in [-0.3, -0.25) is 0 Å². The van der Waals surface area contributed by atoms with Gasteiger partial charge in [-0.1, -0.05) is 25.5 Å². The van der Waals surface area contributed by atoms with E-state index < -0.39 is 28.7 Å². The summed E-state index contributed by atoms with van der Waals surface area (Å²) in [7, 11) is 0. The van der Waals surface area contributed by atoms with Crippen LogP contribution in [0.2, 0.25) is 0 Å². The van der Waals surface area contributed by atoms with Crippen molar-refractivity contribution in [3.05, 3.63) is 11.6 Å². The molecule has 1 spiro atoms. The Hall–Kier alpha value is -0.540. The first-order chi connectivity index (χ1) is 15.2. The van der Waals surface area contributed by atoms with E-state index in [4.69, 9.17) is 18.9 Å². The zero-order chi connectivity index (χ0) is 22.4. The average Bonchev–Trinajstić information content (AvgIpc) is 3.49. The lowest BCUT2D eigenvalue weighted by molar-refractivity contribution is -0.324. The van der Waals surface area contributed by atoms with Gasteiger partial charge in [0.05, 0.1) is 32.5 Å². The summed E-state index contributed by atoms with van der Waals surface area (Å²) in [6.07, 6.45) is 7.20. The topological polar surface area (TPSA) is 97.6 Å². The molecule has 180 valence electrons. The first-order valence-electron chi connectivity index (χ1n) is 12.5. The Labute approximate surface area is 190 Å². The van der Waals surface area contributed by atoms with Gasteiger partial charge in [-0.25, -0.2) is 0 Å². The van der Waals surface area contributed by atoms with Gasteiger partial charge < -0.3 is 34.3 Å². The van der Waals surface area contributed by atoms with Gasteiger partial charge in [0.25, 0.3) is 0 Å². The number of rotatable bonds is 2. The largest absolute Gasteiger partial charge is 0.393 e. The number of allylic oxidation sites excluding steroid dienone is 1. The quantitative estimate of drug-likeness (QED) is 0.555. The smallest absolute Gasteiger partial charge is 0.222 e. The van der Waals surface area contributed by atoms with Crippen molar-refractivity contribution < 1.29 is 34.3 Å². The van der Waals surface area contributed by atoms with Crippen molar-refractivity contribution in [2.24, 2.45) is 28.6 Å². The third-order valence-corrected chi connectivity index (χ3v) is 10.6. The predicted octanol–water partition coefficient (Wildman–Crippen LogP) is 2.13. The highest BCUT2D eigenvalue weighted by Crippen LogP contribution is 2.69. The second-order valence-electron chi connectivity index (χ2n) is 11.7. The molecule has 0 aromatic heterocycles. The van der Waals surface area contributed by atoms with E-state index in [-0.39, 0.29) is 29.8 Å². The zero-order valence-electron chi connectivity index (χ0n) is 19.3. The predicted molar refractivity (Wildman–Crippen MR) is 114 cm³/mol. The van der Waals surface area contributed by atoms with Crippen LogP contribution < -0.4 is 0 Å². The minimum absolute atomic E-state index is 0.0834. The second-order valence-corrected chi connectivity index (χ2v) is 11.7. The van der Waals surface area contributed by atoms with Crippen LogP contribution in [0.3, 0.4) is 0 Å². The third kappa shape index (κ3) is 2.56. The van der Waals surface area contributed by atoms with Gasteiger partial charge in [-0.2, -0.15) is 0 Å². The molecule has 0 bridgehead atoms. The van der Waals surface area contributed by atoms with Crippen molar-refractivity contribution in [2.45, 2.75) is 82.1 Å². The molecule has 3 N–H and O–H groups in total. The number of aliphatic hydroxyl groups excluding tert-OH is 2. The fraction of sp³-hybridized carbons (Fsp3) is 0.920. The molecule has 6 rings (SSSR count). The molecule has 3 saturated carbocycles. The summed E-state index contributed by atoms with van der Waals surface area (Å²) < 4.78 is 23.8. The maximum Gasteiger partial charge on any atom is 0.222 e. The van der Waals surface area contributed by atoms with E-state index in [1.807, 2.05) is 0 Å². The van der Waals surface area contributed by atoms with E-state index in [0.717, 1.165) is 32.1 Å². The van der Waals surface area contributed by atoms with Crippen LogP contribution in [-0.4, -0.2) is 71.6 Å². The van der Waals surface area contributed by atoms with Gasteiger partial charge >= 0.3 is 0 Å². The molecule has 4 aliphatic carbocycles. The molecule has 7 atom stereocenters. The maximum absolute atomic E-state index is 12.1. The lowest BCUT2D eigenvalue weighted by atomic mass is 9.45. The van der Waals surface area contributed by atoms with Gasteiger partial charge in [0.2, 0.25) is 5.79 Å². The van der Waals surface area contributed by atoms with Crippen LogP contribution in [-0.2, 0) is 18.9 Å². The Morgan fingerprint density at radius 1 is 1.00 bits per heavy atom. The molecule has 5 fully saturated rings. The summed E-state index contributed by atoms with van der Waals surface area (Å²) >= 11 is 0. The Kier molecular flexibility index (Phi) is 4.80. The van der Waals surface area contributed by atoms with E-state index >= 15 is 0 Å². The van der Waals surface area contributed by atoms with Crippen LogP contribution in [0.25, 0.3) is 0 Å². The fourth-order valence-electron chi connectivity index (χ4n) is 9.03. The highest BCUT2D eigenvalue weighted by Gasteiger charge is 2.73. The fourth-order valence-corrected chi connectivity index (χ4v) is 9.03. The average molecular weight is 451 g/mol. The summed E-state index contributed by atoms with van der Waals surface area (Å²) in [4.78, 5) is 0. The summed E-state index contributed by atoms with van der Waals surface area (Å²) in [5.41, 5.74) is -0.623. The molecule has 0 amide bonds. The van der Waals surface area contributed by atoms with E-state index in [0.29, 0.717) is 39.3 Å². The maximum atomic E-state index is 12.1. The van der Waals surface area contributed by atoms with Crippen LogP contribution in [0.4, 0.5) is 0 Å². The number of fused-ring (bicyclic) bond motifs is 5. The van der Waals surface area contributed by atoms with E-state index in [2.05, 4.69) is 19.9 Å². The molecular formula is C25H38O7. The van der Waals surface area contributed by atoms with Gasteiger partial charge in [-0.05, 0) is 55.3 Å². The van der Waals surface area contributed by atoms with Crippen LogP contribution in [0, 0.1) is 28.6 Å². The number of hydrogen-bond donors (Lipinski definition) is 3. The lowest BCUT2D eigenvalue weighted by Crippen LogP contribution is -2.68. The molecule has 7 unspecified atom stereocenters. The van der Waals surface area contributed by atoms with Crippen LogP contribution in [0.15, 0.2) is 11.6 Å². The third-order valence-electron chi connectivity index (χ3n) is 10.6. The van der Waals surface area contributed by atoms with Crippen molar-refractivity contribution in [2.75, 3.05) is 33.0 Å². The molecule has 6 aliphatic rings. The Bertz CT molecular complexity index is 800. The normalized spacial score (nSPS) is 51.2. The summed E-state index contributed by atoms with van der Waals surface area (Å²) in [6, 6.07) is 0. The van der Waals surface area contributed by atoms with Crippen LogP contribution in [0.1, 0.15) is 58.8 Å². The highest BCUT2D eigenvalue weighted by atomic mass is 16.8. The van der Waals surface area contributed by atoms with Crippen molar-refractivity contribution in [1.82, 2.24) is 0 Å². The lowest BCUT2D eigenvalue weighted by Gasteiger charge is -2.62. The Balaban J connectivity index is 1.35. The molecule has 2 aliphatic heterocycles. The Morgan fingerprint density at radius 3 is 2.38 bits per heavy atom. The monoisotopic (exact) mass is 450 g/mol. The molecule has 7 nitrogen and oxygen atoms in total. The molecule has 2 heterocycles. The minimum atomic E-state index is -1.39. The van der Waals surface area contributed by atoms with Gasteiger partial charge in [0, 0.05) is 18.3 Å². The standard InChI is InChI=1S/C25H38O7/c1-21-7-8-23(29-9-10-30-23)13-16(21)3-4-17-18-5-6-24(28,25(15-26)31-11-12-32-25)22(18,2)14-19(27)20(17)21/h3,17-20,26-28H,4-15H2,1-2H3. The molecular weight excluding hydrogens is 412 g/mol. The molecule has 7 heteroatoms. The molecule has 0 aromatic carbocycles. The summed E-state index contributed by atoms with van der Waals surface area (Å²) in [6.45, 7) is 6.10. The van der Waals surface area contributed by atoms with Gasteiger partial charge in [-0.15, -0.1) is 0 Å². The summed E-state index contributed by atoms with van der Waals surface area (Å²) in [5.74, 6) is -1.19. The minimum Gasteiger partial charge on any atom is -0.393 e. The first-order valence-corrected chi connectivity index (χ1v) is 12.5. The number of hydrogen-bond acceptors (Lipinski definition) is 7. The SMILES string of the molecule is CC12CCC3(CC1=CCC1C2C(O)CC2(C)C1CCC2(O)C1(CO)OCCO1)OCCO3. The molecule has 0 aromatic rings. The van der Waals surface area contributed by atoms with E-state index in [1.165, 1.54) is 5.57 Å². The van der Waals surface area contributed by atoms with Crippen molar-refractivity contribution >= 4 is 0 Å². The number of aliphatic hydroxyl groups is 3. The first kappa shape index (κ1) is 22.0. The highest BCUT2D eigenvalue weighted by molar-refractivity contribution is 5.29. The molecule has 0 radical (unpaired) electrons. The van der Waals surface area contributed by atoms with Crippen molar-refractivity contribution in [3.63, 3.8) is 0 Å². The van der Waals surface area contributed by atoms with Crippen LogP contribution in [0.5, 0.6) is 0 Å². The zero-order valence-corrected chi connectivity index (χ0v) is 19.3. The van der Waals surface area contributed by atoms with Crippen molar-refractivity contribution in [1.29, 1.82) is 0 Å². The van der Waals surface area contributed by atoms with Gasteiger partial charge in [0.15, 0.2) is 5.79 Å². The van der Waals surface area contributed by atoms with E-state index in [1.54, 1.807) is 0 Å². The number of ether oxygens (including phenoxy) is 4. The van der Waals surface area contributed by atoms with Crippen molar-refractivity contribution in [3.8, 4) is 0 Å². The van der Waals surface area contributed by atoms with Crippen LogP contribution >= 0.6 is 0 Å². The second kappa shape index (κ2) is 7.00. The summed E-state index contributed by atoms with van der Waals surface area (Å²) in [5, 5.41) is 34.0. The van der Waals surface area contributed by atoms with Gasteiger partial charge in [0.1, 0.15) is 12.2 Å².